The van der Waals surface area contributed by atoms with Gasteiger partial charge in [0.15, 0.2) is 0 Å². The van der Waals surface area contributed by atoms with Gasteiger partial charge in [-0.1, -0.05) is 43.2 Å². The Morgan fingerprint density at radius 3 is 2.46 bits per heavy atom. The third kappa shape index (κ3) is 3.90. The fraction of sp³-hybridized carbons (Fsp3) is 0.409. The van der Waals surface area contributed by atoms with Gasteiger partial charge < -0.3 is 9.80 Å². The van der Waals surface area contributed by atoms with Gasteiger partial charge in [0.05, 0.1) is 5.69 Å². The third-order valence-electron chi connectivity index (χ3n) is 5.27. The van der Waals surface area contributed by atoms with Crippen LogP contribution in [-0.4, -0.2) is 36.2 Å². The first kappa shape index (κ1) is 17.5. The molecular formula is C22H26N2OS. The van der Waals surface area contributed by atoms with Crippen LogP contribution < -0.4 is 4.90 Å². The number of carbonyl (C=O) groups excluding carboxylic acids is 1. The SMILES string of the molecule is O=C(c1ccc2c(c1)N(Cc1ccccc1)CCS2)N1CCCCCC1. The minimum atomic E-state index is 0.199. The van der Waals surface area contributed by atoms with E-state index in [-0.39, 0.29) is 5.91 Å². The Morgan fingerprint density at radius 2 is 1.69 bits per heavy atom. The molecule has 4 rings (SSSR count). The van der Waals surface area contributed by atoms with Crippen molar-refractivity contribution in [1.82, 2.24) is 4.90 Å². The quantitative estimate of drug-likeness (QED) is 0.778. The molecule has 2 aromatic carbocycles. The van der Waals surface area contributed by atoms with E-state index in [1.54, 1.807) is 0 Å². The van der Waals surface area contributed by atoms with E-state index >= 15 is 0 Å². The first-order chi connectivity index (χ1) is 12.8. The molecule has 2 aromatic rings. The van der Waals surface area contributed by atoms with Crippen molar-refractivity contribution in [1.29, 1.82) is 0 Å². The smallest absolute Gasteiger partial charge is 0.253 e. The number of thioether (sulfide) groups is 1. The van der Waals surface area contributed by atoms with E-state index in [0.717, 1.165) is 50.3 Å². The van der Waals surface area contributed by atoms with Gasteiger partial charge in [-0.05, 0) is 36.6 Å². The van der Waals surface area contributed by atoms with Crippen molar-refractivity contribution in [2.45, 2.75) is 37.1 Å². The van der Waals surface area contributed by atoms with Crippen molar-refractivity contribution in [2.75, 3.05) is 30.3 Å². The zero-order valence-electron chi connectivity index (χ0n) is 15.2. The lowest BCUT2D eigenvalue weighted by Gasteiger charge is -2.31. The highest BCUT2D eigenvalue weighted by Gasteiger charge is 2.22. The Labute approximate surface area is 160 Å². The Balaban J connectivity index is 1.57. The lowest BCUT2D eigenvalue weighted by atomic mass is 10.1. The summed E-state index contributed by atoms with van der Waals surface area (Å²) in [6, 6.07) is 16.9. The molecule has 2 heterocycles. The van der Waals surface area contributed by atoms with Crippen molar-refractivity contribution in [3.05, 3.63) is 59.7 Å². The second kappa shape index (κ2) is 8.17. The van der Waals surface area contributed by atoms with E-state index in [0.29, 0.717) is 0 Å². The maximum atomic E-state index is 13.0. The zero-order valence-corrected chi connectivity index (χ0v) is 16.0. The van der Waals surface area contributed by atoms with Crippen LogP contribution >= 0.6 is 11.8 Å². The van der Waals surface area contributed by atoms with E-state index in [1.807, 2.05) is 22.7 Å². The molecule has 136 valence electrons. The molecule has 0 bridgehead atoms. The number of anilines is 1. The summed E-state index contributed by atoms with van der Waals surface area (Å²) in [7, 11) is 0. The molecule has 26 heavy (non-hydrogen) atoms. The van der Waals surface area contributed by atoms with Gasteiger partial charge in [-0.25, -0.2) is 0 Å². The van der Waals surface area contributed by atoms with Crippen LogP contribution in [0.15, 0.2) is 53.4 Å². The van der Waals surface area contributed by atoms with Gasteiger partial charge in [0.1, 0.15) is 0 Å². The molecule has 0 spiro atoms. The van der Waals surface area contributed by atoms with Gasteiger partial charge in [0, 0.05) is 42.4 Å². The number of rotatable bonds is 3. The molecule has 2 aliphatic rings. The van der Waals surface area contributed by atoms with Crippen LogP contribution in [0.25, 0.3) is 0 Å². The minimum Gasteiger partial charge on any atom is -0.365 e. The molecule has 1 saturated heterocycles. The number of carbonyl (C=O) groups is 1. The van der Waals surface area contributed by atoms with Crippen molar-refractivity contribution < 1.29 is 4.79 Å². The number of benzene rings is 2. The average molecular weight is 367 g/mol. The number of likely N-dealkylation sites (tertiary alicyclic amines) is 1. The van der Waals surface area contributed by atoms with E-state index in [4.69, 9.17) is 0 Å². The van der Waals surface area contributed by atoms with E-state index < -0.39 is 0 Å². The van der Waals surface area contributed by atoms with Crippen molar-refractivity contribution in [3.63, 3.8) is 0 Å². The standard InChI is InChI=1S/C22H26N2OS/c25-22(23-12-6-1-2-7-13-23)19-10-11-21-20(16-19)24(14-15-26-21)17-18-8-4-3-5-9-18/h3-5,8-11,16H,1-2,6-7,12-15,17H2. The van der Waals surface area contributed by atoms with Crippen LogP contribution in [-0.2, 0) is 6.54 Å². The average Bonchev–Trinajstić information content (AvgIpc) is 2.98. The fourth-order valence-electron chi connectivity index (χ4n) is 3.83. The highest BCUT2D eigenvalue weighted by Crippen LogP contribution is 2.36. The summed E-state index contributed by atoms with van der Waals surface area (Å²) in [4.78, 5) is 18.8. The Kier molecular flexibility index (Phi) is 5.49. The molecule has 0 unspecified atom stereocenters. The molecule has 0 aliphatic carbocycles. The van der Waals surface area contributed by atoms with Crippen LogP contribution in [0.4, 0.5) is 5.69 Å². The third-order valence-corrected chi connectivity index (χ3v) is 6.32. The first-order valence-corrected chi connectivity index (χ1v) is 10.6. The van der Waals surface area contributed by atoms with Gasteiger partial charge in [-0.2, -0.15) is 0 Å². The summed E-state index contributed by atoms with van der Waals surface area (Å²) < 4.78 is 0. The monoisotopic (exact) mass is 366 g/mol. The van der Waals surface area contributed by atoms with Crippen LogP contribution in [0.3, 0.4) is 0 Å². The molecule has 2 aliphatic heterocycles. The predicted molar refractivity (Wildman–Crippen MR) is 109 cm³/mol. The molecular weight excluding hydrogens is 340 g/mol. The molecule has 4 heteroatoms. The molecule has 0 N–H and O–H groups in total. The lowest BCUT2D eigenvalue weighted by molar-refractivity contribution is 0.0761. The summed E-state index contributed by atoms with van der Waals surface area (Å²) >= 11 is 1.90. The van der Waals surface area contributed by atoms with E-state index in [2.05, 4.69) is 47.4 Å². The Bertz CT molecular complexity index is 754. The number of nitrogens with zero attached hydrogens (tertiary/aromatic N) is 2. The second-order valence-corrected chi connectivity index (χ2v) is 8.28. The highest BCUT2D eigenvalue weighted by atomic mass is 32.2. The summed E-state index contributed by atoms with van der Waals surface area (Å²) in [6.45, 7) is 3.72. The summed E-state index contributed by atoms with van der Waals surface area (Å²) in [5.74, 6) is 1.30. The first-order valence-electron chi connectivity index (χ1n) is 9.66. The number of hydrogen-bond donors (Lipinski definition) is 0. The molecule has 0 saturated carbocycles. The number of hydrogen-bond acceptors (Lipinski definition) is 3. The Morgan fingerprint density at radius 1 is 0.923 bits per heavy atom. The number of amides is 1. The van der Waals surface area contributed by atoms with Gasteiger partial charge in [-0.15, -0.1) is 11.8 Å². The highest BCUT2D eigenvalue weighted by molar-refractivity contribution is 7.99. The molecule has 0 radical (unpaired) electrons. The summed E-state index contributed by atoms with van der Waals surface area (Å²) in [5.41, 5.74) is 3.37. The molecule has 0 aromatic heterocycles. The number of fused-ring (bicyclic) bond motifs is 1. The lowest BCUT2D eigenvalue weighted by Crippen LogP contribution is -2.33. The molecule has 1 fully saturated rings. The zero-order chi connectivity index (χ0) is 17.8. The van der Waals surface area contributed by atoms with Gasteiger partial charge in [0.25, 0.3) is 5.91 Å². The molecule has 3 nitrogen and oxygen atoms in total. The maximum absolute atomic E-state index is 13.0. The predicted octanol–water partition coefficient (Wildman–Crippen LogP) is 4.82. The largest absolute Gasteiger partial charge is 0.365 e. The molecule has 0 atom stereocenters. The maximum Gasteiger partial charge on any atom is 0.253 e. The second-order valence-electron chi connectivity index (χ2n) is 7.14. The van der Waals surface area contributed by atoms with E-state index in [1.165, 1.54) is 29.0 Å². The van der Waals surface area contributed by atoms with E-state index in [9.17, 15) is 4.79 Å². The van der Waals surface area contributed by atoms with Crippen LogP contribution in [0, 0.1) is 0 Å². The van der Waals surface area contributed by atoms with Crippen LogP contribution in [0.1, 0.15) is 41.6 Å². The van der Waals surface area contributed by atoms with Crippen LogP contribution in [0.5, 0.6) is 0 Å². The topological polar surface area (TPSA) is 23.6 Å². The Hall–Kier alpha value is -1.94. The van der Waals surface area contributed by atoms with Gasteiger partial charge in [0.2, 0.25) is 0 Å². The van der Waals surface area contributed by atoms with Gasteiger partial charge >= 0.3 is 0 Å². The van der Waals surface area contributed by atoms with Crippen molar-refractivity contribution in [3.8, 4) is 0 Å². The van der Waals surface area contributed by atoms with Crippen molar-refractivity contribution in [2.24, 2.45) is 0 Å². The molecule has 1 amide bonds. The minimum absolute atomic E-state index is 0.199. The normalized spacial score (nSPS) is 17.5. The summed E-state index contributed by atoms with van der Waals surface area (Å²) in [5, 5.41) is 0. The fourth-order valence-corrected chi connectivity index (χ4v) is 4.86. The summed E-state index contributed by atoms with van der Waals surface area (Å²) in [6.07, 6.45) is 4.75. The van der Waals surface area contributed by atoms with Crippen molar-refractivity contribution >= 4 is 23.4 Å². The van der Waals surface area contributed by atoms with Crippen LogP contribution in [0.2, 0.25) is 0 Å². The van der Waals surface area contributed by atoms with Gasteiger partial charge in [-0.3, -0.25) is 4.79 Å².